The molecule has 9 heteroatoms. The molecule has 1 heterocycles. The molecule has 1 amide bonds. The van der Waals surface area contributed by atoms with E-state index in [1.165, 1.54) is 22.9 Å². The Morgan fingerprint density at radius 3 is 2.46 bits per heavy atom. The second-order valence-corrected chi connectivity index (χ2v) is 10.6. The molecule has 35 heavy (non-hydrogen) atoms. The fourth-order valence-electron chi connectivity index (χ4n) is 4.11. The van der Waals surface area contributed by atoms with E-state index >= 15 is 0 Å². The quantitative estimate of drug-likeness (QED) is 0.483. The molecular weight excluding hydrogens is 453 g/mol. The average Bonchev–Trinajstić information content (AvgIpc) is 3.21. The van der Waals surface area contributed by atoms with Gasteiger partial charge in [-0.25, -0.2) is 4.39 Å². The Kier molecular flexibility index (Phi) is 8.20. The zero-order valence-corrected chi connectivity index (χ0v) is 20.9. The number of para-hydroxylation sites is 1. The molecule has 0 radical (unpaired) electrons. The second-order valence-electron chi connectivity index (χ2n) is 10.6. The van der Waals surface area contributed by atoms with Crippen LogP contribution in [-0.4, -0.2) is 50.1 Å². The van der Waals surface area contributed by atoms with Gasteiger partial charge in [0.15, 0.2) is 5.69 Å². The Hall–Kier alpha value is -2.94. The minimum Gasteiger partial charge on any atom is -0.481 e. The number of carbonyl (C=O) groups excluding carboxylic acids is 1. The Morgan fingerprint density at radius 2 is 1.86 bits per heavy atom. The van der Waals surface area contributed by atoms with Crippen LogP contribution in [0, 0.1) is 17.2 Å². The number of amides is 1. The molecular formula is C26H36FN3O5. The lowest BCUT2D eigenvalue weighted by molar-refractivity contribution is -0.137. The summed E-state index contributed by atoms with van der Waals surface area (Å²) in [6.07, 6.45) is 4.66. The molecule has 192 valence electrons. The molecule has 1 aromatic heterocycles. The first-order valence-corrected chi connectivity index (χ1v) is 12.1. The van der Waals surface area contributed by atoms with Crippen molar-refractivity contribution in [3.05, 3.63) is 41.8 Å². The summed E-state index contributed by atoms with van der Waals surface area (Å²) in [5.74, 6) is -1.91. The van der Waals surface area contributed by atoms with Gasteiger partial charge in [-0.1, -0.05) is 52.2 Å². The molecule has 0 spiro atoms. The molecule has 3 N–H and O–H groups in total. The number of ether oxygens (including phenoxy) is 1. The summed E-state index contributed by atoms with van der Waals surface area (Å²) in [6.45, 7) is 7.15. The number of aliphatic hydroxyl groups is 1. The van der Waals surface area contributed by atoms with Crippen LogP contribution in [-0.2, 0) is 4.79 Å². The van der Waals surface area contributed by atoms with Crippen LogP contribution < -0.4 is 10.1 Å². The zero-order valence-electron chi connectivity index (χ0n) is 20.9. The molecule has 0 saturated heterocycles. The lowest BCUT2D eigenvalue weighted by Crippen LogP contribution is -2.45. The molecule has 1 aliphatic rings. The zero-order chi connectivity index (χ0) is 25.8. The third kappa shape index (κ3) is 6.60. The van der Waals surface area contributed by atoms with Crippen LogP contribution in [0.3, 0.4) is 0 Å². The number of carboxylic acid groups (broad SMARTS) is 1. The number of carboxylic acids is 1. The van der Waals surface area contributed by atoms with E-state index in [2.05, 4.69) is 10.4 Å². The van der Waals surface area contributed by atoms with Gasteiger partial charge in [-0.2, -0.15) is 9.78 Å². The Labute approximate surface area is 205 Å². The molecule has 1 fully saturated rings. The van der Waals surface area contributed by atoms with E-state index in [4.69, 9.17) is 4.74 Å². The summed E-state index contributed by atoms with van der Waals surface area (Å²) >= 11 is 0. The first-order chi connectivity index (χ1) is 16.4. The smallest absolute Gasteiger partial charge is 0.305 e. The van der Waals surface area contributed by atoms with Crippen molar-refractivity contribution in [2.75, 3.05) is 6.61 Å². The van der Waals surface area contributed by atoms with E-state index < -0.39 is 34.8 Å². The van der Waals surface area contributed by atoms with E-state index in [-0.39, 0.29) is 36.2 Å². The predicted molar refractivity (Wildman–Crippen MR) is 129 cm³/mol. The first-order valence-electron chi connectivity index (χ1n) is 12.1. The number of hydrogen-bond acceptors (Lipinski definition) is 5. The molecule has 2 atom stereocenters. The van der Waals surface area contributed by atoms with Gasteiger partial charge in [0.05, 0.1) is 6.42 Å². The minimum atomic E-state index is -1.21. The van der Waals surface area contributed by atoms with Crippen molar-refractivity contribution in [3.8, 4) is 11.6 Å². The summed E-state index contributed by atoms with van der Waals surface area (Å²) in [5.41, 5.74) is -1.65. The van der Waals surface area contributed by atoms with Gasteiger partial charge in [-0.3, -0.25) is 9.59 Å². The highest BCUT2D eigenvalue weighted by molar-refractivity contribution is 5.93. The monoisotopic (exact) mass is 489 g/mol. The third-order valence-electron chi connectivity index (χ3n) is 7.04. The first kappa shape index (κ1) is 26.7. The number of rotatable bonds is 9. The lowest BCUT2D eigenvalue weighted by Gasteiger charge is -2.36. The largest absolute Gasteiger partial charge is 0.481 e. The second kappa shape index (κ2) is 10.8. The average molecular weight is 490 g/mol. The van der Waals surface area contributed by atoms with Crippen molar-refractivity contribution >= 4 is 11.9 Å². The summed E-state index contributed by atoms with van der Waals surface area (Å²) < 4.78 is 21.6. The van der Waals surface area contributed by atoms with Gasteiger partial charge >= 0.3 is 5.97 Å². The van der Waals surface area contributed by atoms with Crippen molar-refractivity contribution in [2.24, 2.45) is 11.3 Å². The molecule has 3 rings (SSSR count). The van der Waals surface area contributed by atoms with E-state index in [1.54, 1.807) is 19.1 Å². The molecule has 1 aromatic carbocycles. The maximum Gasteiger partial charge on any atom is 0.305 e. The Balaban J connectivity index is 1.89. The Bertz CT molecular complexity index is 1040. The molecule has 8 nitrogen and oxygen atoms in total. The molecule has 1 aliphatic carbocycles. The maximum atomic E-state index is 14.6. The lowest BCUT2D eigenvalue weighted by atomic mass is 9.78. The predicted octanol–water partition coefficient (Wildman–Crippen LogP) is 4.34. The van der Waals surface area contributed by atoms with Crippen LogP contribution in [0.5, 0.6) is 5.88 Å². The number of hydrogen-bond donors (Lipinski definition) is 3. The van der Waals surface area contributed by atoms with Gasteiger partial charge < -0.3 is 20.3 Å². The fraction of sp³-hybridized carbons (Fsp3) is 0.577. The summed E-state index contributed by atoms with van der Waals surface area (Å²) in [4.78, 5) is 24.6. The standard InChI is InChI=1S/C26H36FN3O5/c1-25(2,3)26(4,34)16-35-22-14-20(29-30(22)21-13-9-8-12-18(21)27)24(33)28-19(15-23(31)32)17-10-6-5-7-11-17/h8-9,12-14,17,19,34H,5-7,10-11,15-16H2,1-4H3,(H,28,33)(H,31,32)/t19?,26-/m0/s1. The fourth-order valence-corrected chi connectivity index (χ4v) is 4.11. The Morgan fingerprint density at radius 1 is 1.20 bits per heavy atom. The number of nitrogens with zero attached hydrogens (tertiary/aromatic N) is 2. The normalized spacial score (nSPS) is 17.4. The summed E-state index contributed by atoms with van der Waals surface area (Å²) in [5, 5.41) is 27.3. The highest BCUT2D eigenvalue weighted by atomic mass is 19.1. The third-order valence-corrected chi connectivity index (χ3v) is 7.04. The van der Waals surface area contributed by atoms with Crippen molar-refractivity contribution in [1.82, 2.24) is 15.1 Å². The number of halogens is 1. The molecule has 1 saturated carbocycles. The van der Waals surface area contributed by atoms with Gasteiger partial charge in [-0.15, -0.1) is 0 Å². The highest BCUT2D eigenvalue weighted by Gasteiger charge is 2.37. The van der Waals surface area contributed by atoms with Gasteiger partial charge in [0.25, 0.3) is 5.91 Å². The van der Waals surface area contributed by atoms with E-state index in [0.29, 0.717) is 0 Å². The van der Waals surface area contributed by atoms with Crippen molar-refractivity contribution < 1.29 is 28.9 Å². The number of carbonyl (C=O) groups is 2. The SMILES string of the molecule is CC(C)(C)[C@@](C)(O)COc1cc(C(=O)NC(CC(=O)O)C2CCCCC2)nn1-c1ccccc1F. The summed E-state index contributed by atoms with van der Waals surface area (Å²) in [6, 6.07) is 6.83. The van der Waals surface area contributed by atoms with Crippen molar-refractivity contribution in [1.29, 1.82) is 0 Å². The number of aliphatic carboxylic acids is 1. The van der Waals surface area contributed by atoms with Crippen molar-refractivity contribution in [3.63, 3.8) is 0 Å². The van der Waals surface area contributed by atoms with Gasteiger partial charge in [0.2, 0.25) is 5.88 Å². The van der Waals surface area contributed by atoms with Crippen LogP contribution in [0.1, 0.15) is 76.7 Å². The van der Waals surface area contributed by atoms with E-state index in [9.17, 15) is 24.2 Å². The van der Waals surface area contributed by atoms with Crippen molar-refractivity contribution in [2.45, 2.75) is 77.9 Å². The van der Waals surface area contributed by atoms with E-state index in [0.717, 1.165) is 32.1 Å². The summed E-state index contributed by atoms with van der Waals surface area (Å²) in [7, 11) is 0. The molecule has 0 bridgehead atoms. The highest BCUT2D eigenvalue weighted by Crippen LogP contribution is 2.32. The number of benzene rings is 1. The van der Waals surface area contributed by atoms with Crippen LogP contribution in [0.15, 0.2) is 30.3 Å². The van der Waals surface area contributed by atoms with E-state index in [1.807, 2.05) is 20.8 Å². The van der Waals surface area contributed by atoms with Crippen LogP contribution in [0.2, 0.25) is 0 Å². The van der Waals surface area contributed by atoms with Crippen LogP contribution in [0.25, 0.3) is 5.69 Å². The maximum absolute atomic E-state index is 14.6. The number of nitrogens with one attached hydrogen (secondary N) is 1. The number of aromatic nitrogens is 2. The van der Waals surface area contributed by atoms with Crippen LogP contribution >= 0.6 is 0 Å². The minimum absolute atomic E-state index is 0.0233. The molecule has 2 aromatic rings. The topological polar surface area (TPSA) is 114 Å². The van der Waals surface area contributed by atoms with Crippen LogP contribution in [0.4, 0.5) is 4.39 Å². The molecule has 1 unspecified atom stereocenters. The van der Waals surface area contributed by atoms with Gasteiger partial charge in [0, 0.05) is 12.1 Å². The van der Waals surface area contributed by atoms with Gasteiger partial charge in [-0.05, 0) is 43.2 Å². The van der Waals surface area contributed by atoms with Gasteiger partial charge in [0.1, 0.15) is 23.7 Å². The molecule has 0 aliphatic heterocycles.